The number of rotatable bonds is 7. The first kappa shape index (κ1) is 22.5. The standard InChI is InChI=1S/C26H28N4O3/c1-33-21-10-8-18(9-11-21)25(31)22-6-4-7-23(27)24(22)29-26(32)19-12-15-30(16-13-19)17-20-5-2-3-14-28-20/h2-11,14,19H,12-13,15-17,27H2,1H3,(H,29,32). The summed E-state index contributed by atoms with van der Waals surface area (Å²) in [6.07, 6.45) is 3.28. The third-order valence-corrected chi connectivity index (χ3v) is 6.01. The second-order valence-electron chi connectivity index (χ2n) is 8.19. The van der Waals surface area contributed by atoms with E-state index in [-0.39, 0.29) is 17.6 Å². The molecule has 1 aliphatic heterocycles. The second kappa shape index (κ2) is 10.3. The number of nitrogen functional groups attached to an aromatic ring is 1. The number of anilines is 2. The highest BCUT2D eigenvalue weighted by Gasteiger charge is 2.27. The number of carbonyl (C=O) groups is 2. The highest BCUT2D eigenvalue weighted by atomic mass is 16.5. The fourth-order valence-electron chi connectivity index (χ4n) is 4.10. The van der Waals surface area contributed by atoms with Crippen LogP contribution in [0.15, 0.2) is 66.9 Å². The SMILES string of the molecule is COc1ccc(C(=O)c2cccc(N)c2NC(=O)C2CCN(Cc3ccccn3)CC2)cc1. The highest BCUT2D eigenvalue weighted by molar-refractivity contribution is 6.15. The number of nitrogens with zero attached hydrogens (tertiary/aromatic N) is 2. The monoisotopic (exact) mass is 444 g/mol. The summed E-state index contributed by atoms with van der Waals surface area (Å²) in [5.74, 6) is 0.232. The van der Waals surface area contributed by atoms with Gasteiger partial charge in [-0.15, -0.1) is 0 Å². The van der Waals surface area contributed by atoms with Gasteiger partial charge in [0, 0.05) is 29.8 Å². The molecule has 2 aromatic carbocycles. The van der Waals surface area contributed by atoms with Crippen molar-refractivity contribution in [3.63, 3.8) is 0 Å². The molecule has 0 bridgehead atoms. The quantitative estimate of drug-likeness (QED) is 0.425. The number of carbonyl (C=O) groups excluding carboxylic acids is 2. The Kier molecular flexibility index (Phi) is 7.00. The number of nitrogens with two attached hydrogens (primary N) is 1. The molecule has 0 saturated carbocycles. The molecule has 33 heavy (non-hydrogen) atoms. The molecule has 1 fully saturated rings. The number of para-hydroxylation sites is 1. The minimum absolute atomic E-state index is 0.103. The summed E-state index contributed by atoms with van der Waals surface area (Å²) < 4.78 is 5.16. The Bertz CT molecular complexity index is 1110. The van der Waals surface area contributed by atoms with Crippen LogP contribution >= 0.6 is 0 Å². The van der Waals surface area contributed by atoms with Crippen molar-refractivity contribution in [3.8, 4) is 5.75 Å². The van der Waals surface area contributed by atoms with Gasteiger partial charge in [-0.25, -0.2) is 0 Å². The summed E-state index contributed by atoms with van der Waals surface area (Å²) in [5.41, 5.74) is 8.81. The number of methoxy groups -OCH3 is 1. The number of aromatic nitrogens is 1. The van der Waals surface area contributed by atoms with Crippen LogP contribution in [-0.2, 0) is 11.3 Å². The van der Waals surface area contributed by atoms with Crippen molar-refractivity contribution < 1.29 is 14.3 Å². The number of pyridine rings is 1. The number of nitrogens with one attached hydrogen (secondary N) is 1. The van der Waals surface area contributed by atoms with E-state index in [2.05, 4.69) is 15.2 Å². The van der Waals surface area contributed by atoms with Gasteiger partial charge in [-0.2, -0.15) is 0 Å². The van der Waals surface area contributed by atoms with Crippen molar-refractivity contribution >= 4 is 23.1 Å². The van der Waals surface area contributed by atoms with Crippen molar-refractivity contribution in [2.45, 2.75) is 19.4 Å². The fourth-order valence-corrected chi connectivity index (χ4v) is 4.10. The van der Waals surface area contributed by atoms with E-state index >= 15 is 0 Å². The Morgan fingerprint density at radius 3 is 2.48 bits per heavy atom. The molecule has 4 rings (SSSR count). The first-order valence-corrected chi connectivity index (χ1v) is 11.1. The van der Waals surface area contributed by atoms with Gasteiger partial charge < -0.3 is 15.8 Å². The zero-order chi connectivity index (χ0) is 23.2. The first-order chi connectivity index (χ1) is 16.0. The molecule has 0 spiro atoms. The topological polar surface area (TPSA) is 97.5 Å². The zero-order valence-electron chi connectivity index (χ0n) is 18.7. The zero-order valence-corrected chi connectivity index (χ0v) is 18.7. The van der Waals surface area contributed by atoms with E-state index in [0.717, 1.165) is 38.2 Å². The van der Waals surface area contributed by atoms with Gasteiger partial charge in [0.15, 0.2) is 5.78 Å². The molecule has 3 N–H and O–H groups in total. The summed E-state index contributed by atoms with van der Waals surface area (Å²) in [5, 5.41) is 2.95. The van der Waals surface area contributed by atoms with Crippen LogP contribution < -0.4 is 15.8 Å². The van der Waals surface area contributed by atoms with E-state index in [4.69, 9.17) is 10.5 Å². The van der Waals surface area contributed by atoms with E-state index in [1.807, 2.05) is 18.2 Å². The molecule has 1 aromatic heterocycles. The first-order valence-electron chi connectivity index (χ1n) is 11.1. The molecule has 1 saturated heterocycles. The van der Waals surface area contributed by atoms with E-state index in [9.17, 15) is 9.59 Å². The predicted octanol–water partition coefficient (Wildman–Crippen LogP) is 3.75. The van der Waals surface area contributed by atoms with Crippen LogP contribution in [-0.4, -0.2) is 41.8 Å². The molecule has 7 nitrogen and oxygen atoms in total. The third kappa shape index (κ3) is 5.38. The highest BCUT2D eigenvalue weighted by Crippen LogP contribution is 2.28. The fraction of sp³-hybridized carbons (Fsp3) is 0.269. The molecule has 0 radical (unpaired) electrons. The molecule has 3 aromatic rings. The van der Waals surface area contributed by atoms with Gasteiger partial charge in [-0.3, -0.25) is 19.5 Å². The Morgan fingerprint density at radius 2 is 1.82 bits per heavy atom. The summed E-state index contributed by atoms with van der Waals surface area (Å²) in [4.78, 5) is 32.9. The average molecular weight is 445 g/mol. The lowest BCUT2D eigenvalue weighted by Crippen LogP contribution is -2.38. The smallest absolute Gasteiger partial charge is 0.227 e. The number of benzene rings is 2. The van der Waals surface area contributed by atoms with Crippen molar-refractivity contribution in [2.24, 2.45) is 5.92 Å². The molecular weight excluding hydrogens is 416 g/mol. The van der Waals surface area contributed by atoms with Gasteiger partial charge in [-0.1, -0.05) is 12.1 Å². The lowest BCUT2D eigenvalue weighted by atomic mass is 9.95. The lowest BCUT2D eigenvalue weighted by molar-refractivity contribution is -0.121. The summed E-state index contributed by atoms with van der Waals surface area (Å²) >= 11 is 0. The van der Waals surface area contributed by atoms with Crippen LogP contribution in [0.1, 0.15) is 34.5 Å². The van der Waals surface area contributed by atoms with E-state index in [1.54, 1.807) is 55.8 Å². The molecule has 170 valence electrons. The van der Waals surface area contributed by atoms with Crippen LogP contribution in [0.25, 0.3) is 0 Å². The lowest BCUT2D eigenvalue weighted by Gasteiger charge is -2.31. The predicted molar refractivity (Wildman–Crippen MR) is 128 cm³/mol. The van der Waals surface area contributed by atoms with Gasteiger partial charge in [-0.05, 0) is 74.5 Å². The number of ketones is 1. The minimum Gasteiger partial charge on any atom is -0.497 e. The number of likely N-dealkylation sites (tertiary alicyclic amines) is 1. The normalized spacial score (nSPS) is 14.6. The molecule has 1 aliphatic rings. The van der Waals surface area contributed by atoms with Crippen molar-refractivity contribution in [1.29, 1.82) is 0 Å². The van der Waals surface area contributed by atoms with E-state index < -0.39 is 0 Å². The largest absolute Gasteiger partial charge is 0.497 e. The Hall–Kier alpha value is -3.71. The molecule has 7 heteroatoms. The molecule has 1 amide bonds. The number of ether oxygens (including phenoxy) is 1. The van der Waals surface area contributed by atoms with Gasteiger partial charge in [0.1, 0.15) is 5.75 Å². The maximum atomic E-state index is 13.1. The second-order valence-corrected chi connectivity index (χ2v) is 8.19. The molecule has 0 atom stereocenters. The van der Waals surface area contributed by atoms with Crippen molar-refractivity contribution in [2.75, 3.05) is 31.2 Å². The summed E-state index contributed by atoms with van der Waals surface area (Å²) in [6.45, 7) is 2.41. The number of amides is 1. The van der Waals surface area contributed by atoms with Crippen LogP contribution in [0.2, 0.25) is 0 Å². The van der Waals surface area contributed by atoms with E-state index in [1.165, 1.54) is 0 Å². The number of piperidine rings is 1. The van der Waals surface area contributed by atoms with Gasteiger partial charge in [0.2, 0.25) is 5.91 Å². The van der Waals surface area contributed by atoms with Gasteiger partial charge in [0.05, 0.1) is 24.2 Å². The maximum absolute atomic E-state index is 13.1. The summed E-state index contributed by atoms with van der Waals surface area (Å²) in [7, 11) is 1.57. The molecular formula is C26H28N4O3. The van der Waals surface area contributed by atoms with Crippen LogP contribution in [0.3, 0.4) is 0 Å². The van der Waals surface area contributed by atoms with Crippen molar-refractivity contribution in [1.82, 2.24) is 9.88 Å². The molecule has 2 heterocycles. The van der Waals surface area contributed by atoms with Crippen LogP contribution in [0.4, 0.5) is 11.4 Å². The van der Waals surface area contributed by atoms with Crippen LogP contribution in [0, 0.1) is 5.92 Å². The van der Waals surface area contributed by atoms with Gasteiger partial charge in [0.25, 0.3) is 0 Å². The average Bonchev–Trinajstić information content (AvgIpc) is 2.86. The maximum Gasteiger partial charge on any atom is 0.227 e. The Morgan fingerprint density at radius 1 is 1.06 bits per heavy atom. The summed E-state index contributed by atoms with van der Waals surface area (Å²) in [6, 6.07) is 17.9. The Labute approximate surface area is 193 Å². The van der Waals surface area contributed by atoms with Gasteiger partial charge >= 0.3 is 0 Å². The van der Waals surface area contributed by atoms with Crippen LogP contribution in [0.5, 0.6) is 5.75 Å². The Balaban J connectivity index is 1.42. The van der Waals surface area contributed by atoms with Crippen molar-refractivity contribution in [3.05, 3.63) is 83.7 Å². The minimum atomic E-state index is -0.203. The number of hydrogen-bond donors (Lipinski definition) is 2. The van der Waals surface area contributed by atoms with E-state index in [0.29, 0.717) is 28.3 Å². The molecule has 0 aliphatic carbocycles. The third-order valence-electron chi connectivity index (χ3n) is 6.01. The molecule has 0 unspecified atom stereocenters. The number of hydrogen-bond acceptors (Lipinski definition) is 6.